The molecule has 1 atom stereocenters. The molecule has 1 N–H and O–H groups in total. The van der Waals surface area contributed by atoms with Crippen LogP contribution in [0, 0.1) is 5.82 Å². The summed E-state index contributed by atoms with van der Waals surface area (Å²) >= 11 is 5.67. The Morgan fingerprint density at radius 1 is 1.33 bits per heavy atom. The van der Waals surface area contributed by atoms with Gasteiger partial charge in [-0.3, -0.25) is 0 Å². The first-order valence-corrected chi connectivity index (χ1v) is 4.72. The van der Waals surface area contributed by atoms with E-state index in [2.05, 4.69) is 0 Å². The highest BCUT2D eigenvalue weighted by molar-refractivity contribution is 6.30. The lowest BCUT2D eigenvalue weighted by molar-refractivity contribution is 0.189. The van der Waals surface area contributed by atoms with Crippen molar-refractivity contribution in [2.45, 2.75) is 6.10 Å². The molecule has 0 saturated carbocycles. The normalized spacial score (nSPS) is 12.7. The Morgan fingerprint density at radius 3 is 2.73 bits per heavy atom. The molecule has 2 aromatic rings. The van der Waals surface area contributed by atoms with Crippen LogP contribution in [0.25, 0.3) is 0 Å². The van der Waals surface area contributed by atoms with Crippen LogP contribution >= 0.6 is 11.6 Å². The van der Waals surface area contributed by atoms with Gasteiger partial charge in [0.05, 0.1) is 6.26 Å². The number of halogens is 2. The van der Waals surface area contributed by atoms with Crippen molar-refractivity contribution in [2.75, 3.05) is 0 Å². The van der Waals surface area contributed by atoms with Crippen LogP contribution in [-0.4, -0.2) is 5.11 Å². The number of aliphatic hydroxyl groups is 1. The highest BCUT2D eigenvalue weighted by Gasteiger charge is 2.14. The first-order valence-electron chi connectivity index (χ1n) is 4.34. The maximum absolute atomic E-state index is 13.0. The average molecular weight is 227 g/mol. The molecule has 78 valence electrons. The molecule has 1 aromatic carbocycles. The Kier molecular flexibility index (Phi) is 2.75. The summed E-state index contributed by atoms with van der Waals surface area (Å²) in [6.07, 6.45) is 0.451. The van der Waals surface area contributed by atoms with Crippen molar-refractivity contribution in [1.82, 2.24) is 0 Å². The summed E-state index contributed by atoms with van der Waals surface area (Å²) in [7, 11) is 0. The van der Waals surface area contributed by atoms with Gasteiger partial charge in [0.25, 0.3) is 0 Å². The number of aliphatic hydroxyl groups excluding tert-OH is 1. The van der Waals surface area contributed by atoms with Gasteiger partial charge in [-0.1, -0.05) is 11.6 Å². The molecule has 0 aliphatic carbocycles. The van der Waals surface area contributed by atoms with Crippen LogP contribution in [-0.2, 0) is 0 Å². The molecule has 2 rings (SSSR count). The van der Waals surface area contributed by atoms with Crippen molar-refractivity contribution in [2.24, 2.45) is 0 Å². The molecule has 1 aromatic heterocycles. The smallest absolute Gasteiger partial charge is 0.137 e. The molecule has 0 radical (unpaired) electrons. The minimum atomic E-state index is -0.992. The molecular formula is C11H8ClFO2. The van der Waals surface area contributed by atoms with E-state index in [1.807, 2.05) is 0 Å². The van der Waals surface area contributed by atoms with Crippen molar-refractivity contribution in [1.29, 1.82) is 0 Å². The largest absolute Gasteiger partial charge is 0.466 e. The molecule has 0 spiro atoms. The van der Waals surface area contributed by atoms with Crippen LogP contribution in [0.2, 0.25) is 5.02 Å². The van der Waals surface area contributed by atoms with Gasteiger partial charge in [0.2, 0.25) is 0 Å². The van der Waals surface area contributed by atoms with Crippen LogP contribution in [0.3, 0.4) is 0 Å². The summed E-state index contributed by atoms with van der Waals surface area (Å²) in [6.45, 7) is 0. The number of benzene rings is 1. The van der Waals surface area contributed by atoms with Gasteiger partial charge in [0.1, 0.15) is 17.7 Å². The molecule has 0 bridgehead atoms. The first-order chi connectivity index (χ1) is 7.16. The summed E-state index contributed by atoms with van der Waals surface area (Å²) < 4.78 is 18.0. The van der Waals surface area contributed by atoms with Crippen molar-refractivity contribution >= 4 is 11.6 Å². The molecule has 4 heteroatoms. The Balaban J connectivity index is 2.37. The summed E-state index contributed by atoms with van der Waals surface area (Å²) in [6, 6.07) is 7.17. The van der Waals surface area contributed by atoms with Gasteiger partial charge < -0.3 is 9.52 Å². The van der Waals surface area contributed by atoms with Crippen LogP contribution < -0.4 is 0 Å². The zero-order valence-electron chi connectivity index (χ0n) is 7.65. The predicted octanol–water partition coefficient (Wildman–Crippen LogP) is 3.15. The van der Waals surface area contributed by atoms with Crippen molar-refractivity contribution in [3.05, 3.63) is 58.8 Å². The van der Waals surface area contributed by atoms with Gasteiger partial charge in [-0.2, -0.15) is 0 Å². The Labute approximate surface area is 90.9 Å². The monoisotopic (exact) mass is 226 g/mol. The van der Waals surface area contributed by atoms with Crippen LogP contribution in [0.15, 0.2) is 41.0 Å². The third-order valence-electron chi connectivity index (χ3n) is 2.01. The molecular weight excluding hydrogens is 219 g/mol. The summed E-state index contributed by atoms with van der Waals surface area (Å²) in [5, 5.41) is 10.1. The molecule has 15 heavy (non-hydrogen) atoms. The second-order valence-corrected chi connectivity index (χ2v) is 3.56. The summed E-state index contributed by atoms with van der Waals surface area (Å²) in [4.78, 5) is 0. The second-order valence-electron chi connectivity index (χ2n) is 3.12. The van der Waals surface area contributed by atoms with Crippen molar-refractivity contribution < 1.29 is 13.9 Å². The minimum absolute atomic E-state index is 0.246. The quantitative estimate of drug-likeness (QED) is 0.853. The maximum atomic E-state index is 13.0. The molecule has 0 aliphatic rings. The molecule has 0 amide bonds. The SMILES string of the molecule is O[C@@H](c1cc(F)cc(Cl)c1)c1ccco1. The average Bonchev–Trinajstić information content (AvgIpc) is 2.67. The Hall–Kier alpha value is -1.32. The fourth-order valence-corrected chi connectivity index (χ4v) is 1.57. The second kappa shape index (κ2) is 4.04. The minimum Gasteiger partial charge on any atom is -0.466 e. The molecule has 0 unspecified atom stereocenters. The van der Waals surface area contributed by atoms with E-state index in [9.17, 15) is 9.50 Å². The van der Waals surface area contributed by atoms with E-state index in [1.54, 1.807) is 12.1 Å². The van der Waals surface area contributed by atoms with Gasteiger partial charge in [-0.05, 0) is 35.9 Å². The zero-order valence-corrected chi connectivity index (χ0v) is 8.41. The summed E-state index contributed by atoms with van der Waals surface area (Å²) in [5.74, 6) is -0.125. The van der Waals surface area contributed by atoms with Crippen LogP contribution in [0.1, 0.15) is 17.4 Å². The predicted molar refractivity (Wildman–Crippen MR) is 54.2 cm³/mol. The highest BCUT2D eigenvalue weighted by Crippen LogP contribution is 2.25. The third-order valence-corrected chi connectivity index (χ3v) is 2.23. The molecule has 1 heterocycles. The number of rotatable bonds is 2. The lowest BCUT2D eigenvalue weighted by atomic mass is 10.1. The van der Waals surface area contributed by atoms with E-state index in [1.165, 1.54) is 24.5 Å². The van der Waals surface area contributed by atoms with Gasteiger partial charge in [0, 0.05) is 5.02 Å². The molecule has 0 saturated heterocycles. The van der Waals surface area contributed by atoms with E-state index < -0.39 is 11.9 Å². The van der Waals surface area contributed by atoms with Gasteiger partial charge >= 0.3 is 0 Å². The van der Waals surface area contributed by atoms with Crippen molar-refractivity contribution in [3.8, 4) is 0 Å². The van der Waals surface area contributed by atoms with E-state index in [0.717, 1.165) is 0 Å². The van der Waals surface area contributed by atoms with E-state index in [-0.39, 0.29) is 5.02 Å². The standard InChI is InChI=1S/C11H8ClFO2/c12-8-4-7(5-9(13)6-8)11(14)10-2-1-3-15-10/h1-6,11,14H/t11-/m0/s1. The van der Waals surface area contributed by atoms with E-state index >= 15 is 0 Å². The lowest BCUT2D eigenvalue weighted by Crippen LogP contribution is -1.98. The van der Waals surface area contributed by atoms with E-state index in [4.69, 9.17) is 16.0 Å². The number of hydrogen-bond donors (Lipinski definition) is 1. The molecule has 0 aliphatic heterocycles. The van der Waals surface area contributed by atoms with Crippen LogP contribution in [0.5, 0.6) is 0 Å². The summed E-state index contributed by atoms with van der Waals surface area (Å²) in [5.41, 5.74) is 0.370. The molecule has 2 nitrogen and oxygen atoms in total. The van der Waals surface area contributed by atoms with E-state index in [0.29, 0.717) is 11.3 Å². The fraction of sp³-hybridized carbons (Fsp3) is 0.0909. The number of furan rings is 1. The highest BCUT2D eigenvalue weighted by atomic mass is 35.5. The van der Waals surface area contributed by atoms with Crippen molar-refractivity contribution in [3.63, 3.8) is 0 Å². The Morgan fingerprint density at radius 2 is 2.13 bits per heavy atom. The Bertz CT molecular complexity index is 433. The molecule has 0 fully saturated rings. The number of hydrogen-bond acceptors (Lipinski definition) is 2. The zero-order chi connectivity index (χ0) is 10.8. The van der Waals surface area contributed by atoms with Gasteiger partial charge in [0.15, 0.2) is 0 Å². The first kappa shape index (κ1) is 10.2. The van der Waals surface area contributed by atoms with Crippen LogP contribution in [0.4, 0.5) is 4.39 Å². The third kappa shape index (κ3) is 2.19. The van der Waals surface area contributed by atoms with Gasteiger partial charge in [-0.25, -0.2) is 4.39 Å². The maximum Gasteiger partial charge on any atom is 0.137 e. The fourth-order valence-electron chi connectivity index (χ4n) is 1.34. The topological polar surface area (TPSA) is 33.4 Å². The van der Waals surface area contributed by atoms with Gasteiger partial charge in [-0.15, -0.1) is 0 Å². The lowest BCUT2D eigenvalue weighted by Gasteiger charge is -2.08.